The highest BCUT2D eigenvalue weighted by molar-refractivity contribution is 5.85. The maximum atomic E-state index is 13.1. The Morgan fingerprint density at radius 2 is 1.78 bits per heavy atom. The number of aliphatic hydroxyl groups is 1. The molecular formula is C20H31N5O2. The Labute approximate surface area is 161 Å². The predicted octanol–water partition coefficient (Wildman–Crippen LogP) is 1.50. The topological polar surface area (TPSA) is 72.8 Å². The smallest absolute Gasteiger partial charge is 0.230 e. The van der Waals surface area contributed by atoms with Crippen molar-refractivity contribution >= 4 is 17.7 Å². The highest BCUT2D eigenvalue weighted by Gasteiger charge is 2.48. The minimum Gasteiger partial charge on any atom is -0.395 e. The Morgan fingerprint density at radius 3 is 2.52 bits per heavy atom. The Bertz CT molecular complexity index is 717. The van der Waals surface area contributed by atoms with Crippen LogP contribution in [0.15, 0.2) is 0 Å². The van der Waals surface area contributed by atoms with Crippen LogP contribution in [0.4, 0.5) is 11.8 Å². The number of piperidine rings is 1. The van der Waals surface area contributed by atoms with Gasteiger partial charge in [-0.25, -0.2) is 4.98 Å². The van der Waals surface area contributed by atoms with Crippen molar-refractivity contribution < 1.29 is 9.90 Å². The molecule has 4 rings (SSSR count). The summed E-state index contributed by atoms with van der Waals surface area (Å²) in [5.74, 6) is 2.05. The first kappa shape index (κ1) is 18.5. The van der Waals surface area contributed by atoms with Crippen molar-refractivity contribution in [3.8, 4) is 0 Å². The molecule has 1 N–H and O–H groups in total. The van der Waals surface area contributed by atoms with Gasteiger partial charge in [-0.15, -0.1) is 0 Å². The molecule has 1 atom stereocenters. The van der Waals surface area contributed by atoms with E-state index < -0.39 is 0 Å². The molecule has 1 aromatic heterocycles. The lowest BCUT2D eigenvalue weighted by Gasteiger charge is -2.39. The number of carbonyl (C=O) groups is 1. The van der Waals surface area contributed by atoms with Crippen molar-refractivity contribution in [1.82, 2.24) is 14.9 Å². The second-order valence-electron chi connectivity index (χ2n) is 8.32. The maximum absolute atomic E-state index is 13.1. The number of β-amino-alcohol motifs (C(OH)–C–C–N with tert-alkyl or cyclic N) is 1. The SMILES string of the molecule is Cc1nc(N2CCCC2)nc(N2CCC3(CCCN(CCO)C3=O)C2)c1C. The summed E-state index contributed by atoms with van der Waals surface area (Å²) in [4.78, 5) is 29.2. The molecule has 3 aliphatic rings. The molecular weight excluding hydrogens is 342 g/mol. The lowest BCUT2D eigenvalue weighted by Crippen LogP contribution is -2.50. The molecule has 3 saturated heterocycles. The normalized spacial score (nSPS) is 25.9. The minimum absolute atomic E-state index is 0.0366. The number of nitrogens with zero attached hydrogens (tertiary/aromatic N) is 5. The van der Waals surface area contributed by atoms with Gasteiger partial charge in [-0.1, -0.05) is 0 Å². The van der Waals surface area contributed by atoms with Gasteiger partial charge in [-0.2, -0.15) is 4.98 Å². The number of aryl methyl sites for hydroxylation is 1. The van der Waals surface area contributed by atoms with Crippen LogP contribution in [0.25, 0.3) is 0 Å². The van der Waals surface area contributed by atoms with Crippen LogP contribution in [0.1, 0.15) is 43.4 Å². The molecule has 1 amide bonds. The molecule has 3 fully saturated rings. The highest BCUT2D eigenvalue weighted by atomic mass is 16.3. The summed E-state index contributed by atoms with van der Waals surface area (Å²) in [6.07, 6.45) is 5.23. The van der Waals surface area contributed by atoms with E-state index >= 15 is 0 Å². The van der Waals surface area contributed by atoms with Gasteiger partial charge in [0.1, 0.15) is 5.82 Å². The average Bonchev–Trinajstić information content (AvgIpc) is 3.32. The third-order valence-corrected chi connectivity index (χ3v) is 6.59. The Morgan fingerprint density at radius 1 is 1.00 bits per heavy atom. The first-order valence-electron chi connectivity index (χ1n) is 10.3. The van der Waals surface area contributed by atoms with Crippen LogP contribution >= 0.6 is 0 Å². The van der Waals surface area contributed by atoms with Gasteiger partial charge in [0.25, 0.3) is 0 Å². The van der Waals surface area contributed by atoms with Gasteiger partial charge < -0.3 is 19.8 Å². The maximum Gasteiger partial charge on any atom is 0.230 e. The summed E-state index contributed by atoms with van der Waals surface area (Å²) in [6, 6.07) is 0. The molecule has 3 aliphatic heterocycles. The van der Waals surface area contributed by atoms with Crippen LogP contribution in [0.5, 0.6) is 0 Å². The minimum atomic E-state index is -0.313. The zero-order valence-corrected chi connectivity index (χ0v) is 16.6. The lowest BCUT2D eigenvalue weighted by atomic mass is 9.78. The summed E-state index contributed by atoms with van der Waals surface area (Å²) in [7, 11) is 0. The molecule has 1 unspecified atom stereocenters. The van der Waals surface area contributed by atoms with Crippen molar-refractivity contribution in [2.45, 2.75) is 46.0 Å². The van der Waals surface area contributed by atoms with Gasteiger partial charge in [0.15, 0.2) is 0 Å². The standard InChI is InChI=1S/C20H31N5O2/c1-15-16(2)21-19(24-8-3-4-9-24)22-17(15)25-11-7-20(14-25)6-5-10-23(12-13-26)18(20)27/h26H,3-14H2,1-2H3. The fraction of sp³-hybridized carbons (Fsp3) is 0.750. The molecule has 27 heavy (non-hydrogen) atoms. The van der Waals surface area contributed by atoms with Crippen molar-refractivity contribution in [3.05, 3.63) is 11.3 Å². The molecule has 0 aromatic carbocycles. The number of anilines is 2. The van der Waals surface area contributed by atoms with E-state index in [1.807, 2.05) is 4.90 Å². The predicted molar refractivity (Wildman–Crippen MR) is 105 cm³/mol. The molecule has 0 bridgehead atoms. The zero-order valence-electron chi connectivity index (χ0n) is 16.6. The number of likely N-dealkylation sites (tertiary alicyclic amines) is 1. The molecule has 148 valence electrons. The fourth-order valence-corrected chi connectivity index (χ4v) is 4.88. The number of hydrogen-bond donors (Lipinski definition) is 1. The van der Waals surface area contributed by atoms with Crippen LogP contribution in [-0.2, 0) is 4.79 Å². The Balaban J connectivity index is 1.59. The molecule has 1 spiro atoms. The lowest BCUT2D eigenvalue weighted by molar-refractivity contribution is -0.145. The second kappa shape index (κ2) is 7.26. The van der Waals surface area contributed by atoms with Crippen LogP contribution in [0, 0.1) is 19.3 Å². The zero-order chi connectivity index (χ0) is 19.0. The van der Waals surface area contributed by atoms with Gasteiger partial charge >= 0.3 is 0 Å². The molecule has 0 saturated carbocycles. The van der Waals surface area contributed by atoms with Crippen LogP contribution in [0.2, 0.25) is 0 Å². The van der Waals surface area contributed by atoms with Gasteiger partial charge in [0.05, 0.1) is 12.0 Å². The van der Waals surface area contributed by atoms with E-state index in [1.54, 1.807) is 0 Å². The quantitative estimate of drug-likeness (QED) is 0.862. The first-order valence-corrected chi connectivity index (χ1v) is 10.3. The third kappa shape index (κ3) is 3.26. The van der Waals surface area contributed by atoms with E-state index in [0.29, 0.717) is 6.54 Å². The van der Waals surface area contributed by atoms with Gasteiger partial charge in [-0.3, -0.25) is 4.79 Å². The number of rotatable bonds is 4. The summed E-state index contributed by atoms with van der Waals surface area (Å²) >= 11 is 0. The molecule has 7 nitrogen and oxygen atoms in total. The summed E-state index contributed by atoms with van der Waals surface area (Å²) in [5.41, 5.74) is 1.83. The van der Waals surface area contributed by atoms with E-state index in [0.717, 1.165) is 75.0 Å². The van der Waals surface area contributed by atoms with E-state index in [1.165, 1.54) is 12.8 Å². The Hall–Kier alpha value is -1.89. The summed E-state index contributed by atoms with van der Waals surface area (Å²) in [5, 5.41) is 9.27. The van der Waals surface area contributed by atoms with Crippen LogP contribution in [0.3, 0.4) is 0 Å². The number of amides is 1. The molecule has 0 radical (unpaired) electrons. The van der Waals surface area contributed by atoms with Gasteiger partial charge in [-0.05, 0) is 46.0 Å². The number of hydrogen-bond acceptors (Lipinski definition) is 6. The first-order chi connectivity index (χ1) is 13.0. The van der Waals surface area contributed by atoms with Gasteiger partial charge in [0, 0.05) is 50.5 Å². The monoisotopic (exact) mass is 373 g/mol. The van der Waals surface area contributed by atoms with E-state index in [4.69, 9.17) is 9.97 Å². The summed E-state index contributed by atoms with van der Waals surface area (Å²) < 4.78 is 0. The number of carbonyl (C=O) groups excluding carboxylic acids is 1. The van der Waals surface area contributed by atoms with Crippen LogP contribution in [-0.4, -0.2) is 71.8 Å². The molecule has 0 aliphatic carbocycles. The largest absolute Gasteiger partial charge is 0.395 e. The van der Waals surface area contributed by atoms with Crippen molar-refractivity contribution in [1.29, 1.82) is 0 Å². The number of aliphatic hydroxyl groups excluding tert-OH is 1. The highest BCUT2D eigenvalue weighted by Crippen LogP contribution is 2.42. The summed E-state index contributed by atoms with van der Waals surface area (Å²) in [6.45, 7) is 9.04. The second-order valence-corrected chi connectivity index (χ2v) is 8.32. The third-order valence-electron chi connectivity index (χ3n) is 6.59. The van der Waals surface area contributed by atoms with Crippen molar-refractivity contribution in [2.75, 3.05) is 55.7 Å². The van der Waals surface area contributed by atoms with Crippen molar-refractivity contribution in [2.24, 2.45) is 5.41 Å². The van der Waals surface area contributed by atoms with Crippen LogP contribution < -0.4 is 9.80 Å². The van der Waals surface area contributed by atoms with Gasteiger partial charge in [0.2, 0.25) is 11.9 Å². The molecule has 7 heteroatoms. The molecule has 1 aromatic rings. The fourth-order valence-electron chi connectivity index (χ4n) is 4.88. The number of aromatic nitrogens is 2. The van der Waals surface area contributed by atoms with E-state index in [9.17, 15) is 9.90 Å². The Kier molecular flexibility index (Phi) is 4.97. The van der Waals surface area contributed by atoms with E-state index in [2.05, 4.69) is 23.6 Å². The van der Waals surface area contributed by atoms with E-state index in [-0.39, 0.29) is 17.9 Å². The average molecular weight is 374 g/mol. The van der Waals surface area contributed by atoms with Crippen molar-refractivity contribution in [3.63, 3.8) is 0 Å². The molecule has 4 heterocycles.